The van der Waals surface area contributed by atoms with Crippen LogP contribution in [-0.4, -0.2) is 66.8 Å². The van der Waals surface area contributed by atoms with E-state index in [0.717, 1.165) is 44.3 Å². The zero-order valence-electron chi connectivity index (χ0n) is 14.3. The molecule has 0 aliphatic carbocycles. The van der Waals surface area contributed by atoms with Gasteiger partial charge in [0.05, 0.1) is 11.2 Å². The van der Waals surface area contributed by atoms with Gasteiger partial charge in [-0.2, -0.15) is 0 Å². The molecule has 4 nitrogen and oxygen atoms in total. The highest BCUT2D eigenvalue weighted by Gasteiger charge is 2.33. The highest BCUT2D eigenvalue weighted by Crippen LogP contribution is 2.26. The van der Waals surface area contributed by atoms with Gasteiger partial charge < -0.3 is 10.2 Å². The van der Waals surface area contributed by atoms with Gasteiger partial charge in [0.15, 0.2) is 0 Å². The Morgan fingerprint density at radius 2 is 2.17 bits per heavy atom. The van der Waals surface area contributed by atoms with E-state index in [2.05, 4.69) is 27.1 Å². The molecular formula is C17H29FN4S. The van der Waals surface area contributed by atoms with Crippen molar-refractivity contribution in [2.75, 3.05) is 39.8 Å². The number of hydrogen-bond donors (Lipinski definition) is 1. The zero-order valence-corrected chi connectivity index (χ0v) is 15.1. The second-order valence-corrected chi connectivity index (χ2v) is 8.13. The summed E-state index contributed by atoms with van der Waals surface area (Å²) in [5, 5.41) is 3.42. The van der Waals surface area contributed by atoms with Crippen molar-refractivity contribution in [3.05, 3.63) is 16.1 Å². The Kier molecular flexibility index (Phi) is 6.01. The van der Waals surface area contributed by atoms with Gasteiger partial charge in [-0.15, -0.1) is 11.3 Å². The van der Waals surface area contributed by atoms with Gasteiger partial charge in [0.2, 0.25) is 0 Å². The molecule has 0 radical (unpaired) electrons. The fourth-order valence-corrected chi connectivity index (χ4v) is 4.71. The van der Waals surface area contributed by atoms with Crippen molar-refractivity contribution in [2.24, 2.45) is 5.92 Å². The summed E-state index contributed by atoms with van der Waals surface area (Å²) in [6.07, 6.45) is 2.53. The summed E-state index contributed by atoms with van der Waals surface area (Å²) in [6.45, 7) is 7.88. The first-order chi connectivity index (χ1) is 11.1. The van der Waals surface area contributed by atoms with Crippen LogP contribution in [0.2, 0.25) is 0 Å². The average Bonchev–Trinajstić information content (AvgIpc) is 3.07. The van der Waals surface area contributed by atoms with Gasteiger partial charge in [0.1, 0.15) is 6.17 Å². The number of nitrogens with zero attached hydrogens (tertiary/aromatic N) is 3. The van der Waals surface area contributed by atoms with Crippen LogP contribution in [0.3, 0.4) is 0 Å². The van der Waals surface area contributed by atoms with Crippen molar-refractivity contribution in [1.82, 2.24) is 20.1 Å². The molecule has 2 aliphatic rings. The lowest BCUT2D eigenvalue weighted by atomic mass is 9.97. The number of hydrogen-bond acceptors (Lipinski definition) is 5. The predicted octanol–water partition coefficient (Wildman–Crippen LogP) is 2.30. The number of rotatable bonds is 6. The van der Waals surface area contributed by atoms with Gasteiger partial charge >= 0.3 is 0 Å². The summed E-state index contributed by atoms with van der Waals surface area (Å²) >= 11 is 1.69. The lowest BCUT2D eigenvalue weighted by Gasteiger charge is -2.31. The van der Waals surface area contributed by atoms with E-state index in [9.17, 15) is 4.39 Å². The van der Waals surface area contributed by atoms with Gasteiger partial charge in [-0.05, 0) is 52.2 Å². The maximum Gasteiger partial charge on any atom is 0.114 e. The quantitative estimate of drug-likeness (QED) is 0.861. The highest BCUT2D eigenvalue weighted by molar-refractivity contribution is 7.09. The van der Waals surface area contributed by atoms with E-state index in [-0.39, 0.29) is 0 Å². The number of likely N-dealkylation sites (tertiary alicyclic amines) is 1. The van der Waals surface area contributed by atoms with Crippen molar-refractivity contribution in [2.45, 2.75) is 44.9 Å². The number of halogens is 1. The Morgan fingerprint density at radius 3 is 2.87 bits per heavy atom. The molecule has 2 atom stereocenters. The molecule has 6 heteroatoms. The molecule has 0 spiro atoms. The Bertz CT molecular complexity index is 489. The molecule has 3 rings (SSSR count). The lowest BCUT2D eigenvalue weighted by Crippen LogP contribution is -2.41. The molecule has 1 aromatic heterocycles. The SMILES string of the molecule is Cc1ncsc1CN1C[C@@H](F)C[C@H]1CN(C)CC1CCNCC1. The topological polar surface area (TPSA) is 31.4 Å². The maximum atomic E-state index is 14.0. The second-order valence-electron chi connectivity index (χ2n) is 7.19. The normalized spacial score (nSPS) is 27.1. The third-order valence-electron chi connectivity index (χ3n) is 5.22. The molecule has 1 aromatic rings. The van der Waals surface area contributed by atoms with Crippen LogP contribution in [0.1, 0.15) is 29.8 Å². The number of piperidine rings is 1. The first-order valence-corrected chi connectivity index (χ1v) is 9.66. The van der Waals surface area contributed by atoms with Crippen LogP contribution in [0, 0.1) is 12.8 Å². The Balaban J connectivity index is 1.53. The molecule has 2 fully saturated rings. The molecule has 130 valence electrons. The van der Waals surface area contributed by atoms with E-state index in [1.165, 1.54) is 17.7 Å². The van der Waals surface area contributed by atoms with Gasteiger partial charge in [0, 0.05) is 37.1 Å². The molecular weight excluding hydrogens is 311 g/mol. The summed E-state index contributed by atoms with van der Waals surface area (Å²) in [5.41, 5.74) is 2.99. The molecule has 2 aliphatic heterocycles. The molecule has 0 bridgehead atoms. The molecule has 3 heterocycles. The number of aryl methyl sites for hydroxylation is 1. The summed E-state index contributed by atoms with van der Waals surface area (Å²) in [4.78, 5) is 10.4. The van der Waals surface area contributed by atoms with Crippen LogP contribution in [-0.2, 0) is 6.54 Å². The fourth-order valence-electron chi connectivity index (χ4n) is 3.91. The number of thiazole rings is 1. The van der Waals surface area contributed by atoms with Gasteiger partial charge in [-0.25, -0.2) is 9.37 Å². The van der Waals surface area contributed by atoms with Crippen molar-refractivity contribution in [3.8, 4) is 0 Å². The maximum absolute atomic E-state index is 14.0. The van der Waals surface area contributed by atoms with Crippen LogP contribution in [0.15, 0.2) is 5.51 Å². The number of alkyl halides is 1. The van der Waals surface area contributed by atoms with Crippen molar-refractivity contribution >= 4 is 11.3 Å². The summed E-state index contributed by atoms with van der Waals surface area (Å²) < 4.78 is 14.0. The standard InChI is InChI=1S/C17H29FN4S/c1-13-17(23-12-20-13)11-22-9-15(18)7-16(22)10-21(2)8-14-3-5-19-6-4-14/h12,14-16,19H,3-11H2,1-2H3/t15-,16-/m0/s1. The molecule has 1 N–H and O–H groups in total. The van der Waals surface area contributed by atoms with Crippen LogP contribution < -0.4 is 5.32 Å². The van der Waals surface area contributed by atoms with Crippen molar-refractivity contribution in [1.29, 1.82) is 0 Å². The predicted molar refractivity (Wildman–Crippen MR) is 93.7 cm³/mol. The van der Waals surface area contributed by atoms with Crippen molar-refractivity contribution < 1.29 is 4.39 Å². The smallest absolute Gasteiger partial charge is 0.114 e. The molecule has 23 heavy (non-hydrogen) atoms. The summed E-state index contributed by atoms with van der Waals surface area (Å²) in [7, 11) is 2.20. The zero-order chi connectivity index (χ0) is 16.2. The molecule has 0 amide bonds. The molecule has 2 saturated heterocycles. The molecule has 0 unspecified atom stereocenters. The molecule has 0 saturated carbocycles. The van der Waals surface area contributed by atoms with E-state index in [1.807, 2.05) is 12.4 Å². The van der Waals surface area contributed by atoms with Crippen LogP contribution >= 0.6 is 11.3 Å². The van der Waals surface area contributed by atoms with E-state index in [1.54, 1.807) is 11.3 Å². The second kappa shape index (κ2) is 8.01. The third kappa shape index (κ3) is 4.72. The van der Waals surface area contributed by atoms with E-state index >= 15 is 0 Å². The Morgan fingerprint density at radius 1 is 1.39 bits per heavy atom. The first kappa shape index (κ1) is 17.3. The third-order valence-corrected chi connectivity index (χ3v) is 6.14. The first-order valence-electron chi connectivity index (χ1n) is 8.78. The number of likely N-dealkylation sites (N-methyl/N-ethyl adjacent to an activating group) is 1. The lowest BCUT2D eigenvalue weighted by molar-refractivity contribution is 0.164. The minimum Gasteiger partial charge on any atom is -0.317 e. The van der Waals surface area contributed by atoms with Crippen LogP contribution in [0.4, 0.5) is 4.39 Å². The minimum atomic E-state index is -0.680. The van der Waals surface area contributed by atoms with Crippen LogP contribution in [0.25, 0.3) is 0 Å². The Labute approximate surface area is 143 Å². The fraction of sp³-hybridized carbons (Fsp3) is 0.824. The van der Waals surface area contributed by atoms with Gasteiger partial charge in [0.25, 0.3) is 0 Å². The van der Waals surface area contributed by atoms with E-state index in [4.69, 9.17) is 0 Å². The minimum absolute atomic E-state index is 0.332. The monoisotopic (exact) mass is 340 g/mol. The number of nitrogens with one attached hydrogen (secondary N) is 1. The van der Waals surface area contributed by atoms with E-state index < -0.39 is 6.17 Å². The average molecular weight is 341 g/mol. The van der Waals surface area contributed by atoms with Crippen molar-refractivity contribution in [3.63, 3.8) is 0 Å². The van der Waals surface area contributed by atoms with E-state index in [0.29, 0.717) is 19.0 Å². The number of aromatic nitrogens is 1. The van der Waals surface area contributed by atoms with Gasteiger partial charge in [-0.3, -0.25) is 4.90 Å². The summed E-state index contributed by atoms with van der Waals surface area (Å²) in [6, 6.07) is 0.332. The van der Waals surface area contributed by atoms with Gasteiger partial charge in [-0.1, -0.05) is 0 Å². The van der Waals surface area contributed by atoms with Crippen LogP contribution in [0.5, 0.6) is 0 Å². The summed E-state index contributed by atoms with van der Waals surface area (Å²) in [5.74, 6) is 0.793. The Hall–Kier alpha value is -0.560. The largest absolute Gasteiger partial charge is 0.317 e. The highest BCUT2D eigenvalue weighted by atomic mass is 32.1. The molecule has 0 aromatic carbocycles.